The zero-order valence-electron chi connectivity index (χ0n) is 18.7. The fourth-order valence-electron chi connectivity index (χ4n) is 3.25. The zero-order valence-corrected chi connectivity index (χ0v) is 20.2. The van der Waals surface area contributed by atoms with Gasteiger partial charge in [-0.2, -0.15) is 13.2 Å². The van der Waals surface area contributed by atoms with E-state index in [4.69, 9.17) is 27.9 Å². The molecule has 0 aliphatic rings. The number of anilines is 4. The summed E-state index contributed by atoms with van der Waals surface area (Å²) in [7, 11) is 1.47. The summed E-state index contributed by atoms with van der Waals surface area (Å²) in [4.78, 5) is 40.0. The number of pyridine rings is 1. The van der Waals surface area contributed by atoms with E-state index < -0.39 is 33.5 Å². The van der Waals surface area contributed by atoms with Gasteiger partial charge in [0.2, 0.25) is 0 Å². The van der Waals surface area contributed by atoms with Gasteiger partial charge in [-0.3, -0.25) is 19.4 Å². The van der Waals surface area contributed by atoms with E-state index in [1.54, 1.807) is 0 Å². The molecule has 0 saturated heterocycles. The van der Waals surface area contributed by atoms with Crippen LogP contribution in [0.4, 0.5) is 35.9 Å². The van der Waals surface area contributed by atoms with Crippen LogP contribution in [0.5, 0.6) is 11.5 Å². The van der Waals surface area contributed by atoms with Crippen LogP contribution in [-0.4, -0.2) is 17.9 Å². The second kappa shape index (κ2) is 10.1. The highest BCUT2D eigenvalue weighted by Gasteiger charge is 2.33. The van der Waals surface area contributed by atoms with Crippen LogP contribution in [-0.2, 0) is 6.18 Å². The van der Waals surface area contributed by atoms with Crippen molar-refractivity contribution < 1.29 is 22.7 Å². The van der Waals surface area contributed by atoms with E-state index in [0.29, 0.717) is 11.5 Å². The Kier molecular flexibility index (Phi) is 7.10. The molecule has 0 aliphatic carbocycles. The fourth-order valence-corrected chi connectivity index (χ4v) is 3.70. The third-order valence-electron chi connectivity index (χ3n) is 5.08. The normalized spacial score (nSPS) is 11.3. The van der Waals surface area contributed by atoms with Crippen molar-refractivity contribution in [3.05, 3.63) is 96.5 Å². The maximum Gasteiger partial charge on any atom is 0.417 e. The van der Waals surface area contributed by atoms with Gasteiger partial charge in [-0.15, -0.1) is 0 Å². The Morgan fingerprint density at radius 2 is 1.57 bits per heavy atom. The van der Waals surface area contributed by atoms with Gasteiger partial charge in [0.25, 0.3) is 16.8 Å². The highest BCUT2D eigenvalue weighted by Crippen LogP contribution is 2.37. The van der Waals surface area contributed by atoms with Crippen LogP contribution in [0.1, 0.15) is 16.1 Å². The van der Waals surface area contributed by atoms with Crippen LogP contribution in [0.2, 0.25) is 10.0 Å². The number of hydrogen-bond donors (Lipinski definition) is 3. The first-order valence-corrected chi connectivity index (χ1v) is 11.1. The number of rotatable bonds is 7. The van der Waals surface area contributed by atoms with E-state index in [1.165, 1.54) is 49.6 Å². The van der Waals surface area contributed by atoms with Gasteiger partial charge in [0.05, 0.1) is 21.3 Å². The second-order valence-electron chi connectivity index (χ2n) is 7.55. The molecule has 4 rings (SSSR count). The molecule has 1 heterocycles. The Morgan fingerprint density at radius 3 is 2.22 bits per heavy atom. The minimum atomic E-state index is -4.71. The number of halogens is 5. The Balaban J connectivity index is 1.54. The van der Waals surface area contributed by atoms with E-state index in [2.05, 4.69) is 20.9 Å². The summed E-state index contributed by atoms with van der Waals surface area (Å²) in [5, 5.41) is 7.32. The number of alkyl halides is 3. The van der Waals surface area contributed by atoms with Crippen LogP contribution in [0, 0.1) is 0 Å². The lowest BCUT2D eigenvalue weighted by Crippen LogP contribution is -2.35. The largest absolute Gasteiger partial charge is 0.457 e. The van der Waals surface area contributed by atoms with Crippen molar-refractivity contribution in [1.29, 1.82) is 0 Å². The van der Waals surface area contributed by atoms with Crippen molar-refractivity contribution in [2.24, 2.45) is 0 Å². The lowest BCUT2D eigenvalue weighted by molar-refractivity contribution is -0.137. The summed E-state index contributed by atoms with van der Waals surface area (Å²) in [5.74, 6) is 0.225. The number of benzene rings is 2. The molecule has 0 atom stereocenters. The van der Waals surface area contributed by atoms with Crippen LogP contribution >= 0.6 is 23.2 Å². The van der Waals surface area contributed by atoms with Gasteiger partial charge in [-0.25, -0.2) is 0 Å². The lowest BCUT2D eigenvalue weighted by atomic mass is 10.1. The van der Waals surface area contributed by atoms with Crippen LogP contribution in [0.3, 0.4) is 0 Å². The topological polar surface area (TPSA) is 109 Å². The maximum atomic E-state index is 13.1. The average Bonchev–Trinajstić information content (AvgIpc) is 2.86. The molecule has 0 radical (unpaired) electrons. The molecule has 3 aromatic carbocycles. The molecule has 8 nitrogen and oxygen atoms in total. The molecule has 0 saturated carbocycles. The third kappa shape index (κ3) is 5.52. The van der Waals surface area contributed by atoms with Gasteiger partial charge >= 0.3 is 6.18 Å². The monoisotopic (exact) mass is 550 g/mol. The number of nitrogens with one attached hydrogen (secondary N) is 3. The summed E-state index contributed by atoms with van der Waals surface area (Å²) in [6.07, 6.45) is -3.31. The van der Waals surface area contributed by atoms with Gasteiger partial charge in [0, 0.05) is 31.1 Å². The van der Waals surface area contributed by atoms with Crippen LogP contribution in [0.25, 0.3) is 0 Å². The third-order valence-corrected chi connectivity index (χ3v) is 5.72. The van der Waals surface area contributed by atoms with Gasteiger partial charge in [-0.05, 0) is 36.4 Å². The molecule has 0 bridgehead atoms. The molecular weight excluding hydrogens is 536 g/mol. The van der Waals surface area contributed by atoms with E-state index in [1.807, 2.05) is 0 Å². The average molecular weight is 551 g/mol. The van der Waals surface area contributed by atoms with Crippen molar-refractivity contribution in [1.82, 2.24) is 10.3 Å². The number of carbonyl (C=O) groups excluding carboxylic acids is 1. The number of ether oxygens (including phenoxy) is 1. The van der Waals surface area contributed by atoms with Gasteiger partial charge < -0.3 is 20.7 Å². The molecule has 3 N–H and O–H groups in total. The molecule has 1 aromatic heterocycles. The first-order valence-electron chi connectivity index (χ1n) is 10.4. The SMILES string of the molecule is CNC(=O)c1cc(Oc2ccc(Nc3c(Nc4ccc(Cl)c(C(F)(F)F)c4)c(=O)c3=O)c(Cl)c2)ccn1. The summed E-state index contributed by atoms with van der Waals surface area (Å²) >= 11 is 11.9. The number of amides is 1. The highest BCUT2D eigenvalue weighted by molar-refractivity contribution is 6.33. The van der Waals surface area contributed by atoms with Crippen molar-refractivity contribution >= 4 is 51.9 Å². The minimum Gasteiger partial charge on any atom is -0.457 e. The molecule has 190 valence electrons. The zero-order chi connectivity index (χ0) is 26.9. The molecule has 37 heavy (non-hydrogen) atoms. The molecule has 0 unspecified atom stereocenters. The molecule has 0 aliphatic heterocycles. The molecule has 1 amide bonds. The molecule has 0 spiro atoms. The van der Waals surface area contributed by atoms with Crippen molar-refractivity contribution in [2.75, 3.05) is 17.7 Å². The molecule has 13 heteroatoms. The van der Waals surface area contributed by atoms with Crippen molar-refractivity contribution in [3.8, 4) is 11.5 Å². The molecule has 4 aromatic rings. The second-order valence-corrected chi connectivity index (χ2v) is 8.36. The van der Waals surface area contributed by atoms with E-state index in [0.717, 1.165) is 12.1 Å². The minimum absolute atomic E-state index is 0.0878. The molecule has 0 fully saturated rings. The number of carbonyl (C=O) groups is 1. The number of aromatic nitrogens is 1. The first kappa shape index (κ1) is 26.0. The maximum absolute atomic E-state index is 13.1. The Labute approximate surface area is 216 Å². The van der Waals surface area contributed by atoms with E-state index in [9.17, 15) is 27.6 Å². The predicted molar refractivity (Wildman–Crippen MR) is 134 cm³/mol. The molecular formula is C24H15Cl2F3N4O4. The van der Waals surface area contributed by atoms with Gasteiger partial charge in [0.15, 0.2) is 0 Å². The first-order chi connectivity index (χ1) is 17.5. The number of hydrogen-bond acceptors (Lipinski definition) is 7. The quantitative estimate of drug-likeness (QED) is 0.255. The lowest BCUT2D eigenvalue weighted by Gasteiger charge is -2.17. The summed E-state index contributed by atoms with van der Waals surface area (Å²) < 4.78 is 45.1. The predicted octanol–water partition coefficient (Wildman–Crippen LogP) is 5.64. The van der Waals surface area contributed by atoms with Crippen molar-refractivity contribution in [2.45, 2.75) is 6.18 Å². The van der Waals surface area contributed by atoms with Gasteiger partial charge in [0.1, 0.15) is 28.6 Å². The van der Waals surface area contributed by atoms with E-state index >= 15 is 0 Å². The summed E-state index contributed by atoms with van der Waals surface area (Å²) in [6.45, 7) is 0. The fraction of sp³-hybridized carbons (Fsp3) is 0.0833. The summed E-state index contributed by atoms with van der Waals surface area (Å²) in [5.41, 5.74) is -2.99. The van der Waals surface area contributed by atoms with E-state index in [-0.39, 0.29) is 33.5 Å². The standard InChI is InChI=1S/C24H15Cl2F3N4O4/c1-30-23(36)18-10-13(6-7-31-18)37-12-3-5-17(16(26)9-12)33-20-19(21(34)22(20)35)32-11-2-4-15(25)14(8-11)24(27,28)29/h2-10,32-33H,1H3,(H,30,36). The van der Waals surface area contributed by atoms with Crippen LogP contribution < -0.4 is 31.5 Å². The van der Waals surface area contributed by atoms with Gasteiger partial charge in [-0.1, -0.05) is 23.2 Å². The Hall–Kier alpha value is -4.09. The Bertz CT molecular complexity index is 1580. The smallest absolute Gasteiger partial charge is 0.417 e. The van der Waals surface area contributed by atoms with Crippen LogP contribution in [0.15, 0.2) is 64.3 Å². The summed E-state index contributed by atoms with van der Waals surface area (Å²) in [6, 6.07) is 10.4. The Morgan fingerprint density at radius 1 is 0.892 bits per heavy atom. The van der Waals surface area contributed by atoms with Crippen molar-refractivity contribution in [3.63, 3.8) is 0 Å². The highest BCUT2D eigenvalue weighted by atomic mass is 35.5. The number of nitrogens with zero attached hydrogens (tertiary/aromatic N) is 1.